The Labute approximate surface area is 106 Å². The number of sulfonamides is 1. The minimum absolute atomic E-state index is 0.163. The maximum Gasteiger partial charge on any atom is 0.242 e. The lowest BCUT2D eigenvalue weighted by molar-refractivity contribution is 0.297. The summed E-state index contributed by atoms with van der Waals surface area (Å²) >= 11 is 5.61. The van der Waals surface area contributed by atoms with Crippen molar-refractivity contribution in [1.82, 2.24) is 9.71 Å². The van der Waals surface area contributed by atoms with Gasteiger partial charge < -0.3 is 0 Å². The van der Waals surface area contributed by atoms with E-state index in [9.17, 15) is 8.42 Å². The fourth-order valence-corrected chi connectivity index (χ4v) is 2.89. The second kappa shape index (κ2) is 5.33. The van der Waals surface area contributed by atoms with E-state index < -0.39 is 10.0 Å². The third-order valence-corrected chi connectivity index (χ3v) is 4.75. The Hall–Kier alpha value is -0.650. The molecule has 1 aliphatic rings. The third-order valence-electron chi connectivity index (χ3n) is 3.08. The number of aromatic nitrogens is 1. The molecule has 2 rings (SSSR count). The summed E-state index contributed by atoms with van der Waals surface area (Å²) in [6, 6.07) is 2.93. The summed E-state index contributed by atoms with van der Waals surface area (Å²) in [6.07, 6.45) is 5.92. The van der Waals surface area contributed by atoms with Crippen molar-refractivity contribution in [1.29, 1.82) is 0 Å². The molecule has 0 aliphatic heterocycles. The molecule has 1 N–H and O–H groups in total. The Kier molecular flexibility index (Phi) is 4.01. The van der Waals surface area contributed by atoms with E-state index in [-0.39, 0.29) is 4.90 Å². The van der Waals surface area contributed by atoms with Gasteiger partial charge in [-0.15, -0.1) is 0 Å². The molecule has 0 bridgehead atoms. The molecule has 0 unspecified atom stereocenters. The van der Waals surface area contributed by atoms with E-state index >= 15 is 0 Å². The van der Waals surface area contributed by atoms with Crippen molar-refractivity contribution in [2.45, 2.75) is 30.6 Å². The van der Waals surface area contributed by atoms with Gasteiger partial charge in [-0.2, -0.15) is 0 Å². The summed E-state index contributed by atoms with van der Waals surface area (Å²) in [5, 5.41) is 0.290. The number of pyridine rings is 1. The van der Waals surface area contributed by atoms with E-state index in [1.807, 2.05) is 0 Å². The molecular weight excluding hydrogens is 260 g/mol. The maximum absolute atomic E-state index is 11.8. The first-order valence-corrected chi connectivity index (χ1v) is 7.55. The molecule has 1 heterocycles. The van der Waals surface area contributed by atoms with Crippen LogP contribution in [0.25, 0.3) is 0 Å². The van der Waals surface area contributed by atoms with Gasteiger partial charge in [-0.05, 0) is 24.5 Å². The predicted molar refractivity (Wildman–Crippen MR) is 66.4 cm³/mol. The first kappa shape index (κ1) is 12.8. The first-order valence-electron chi connectivity index (χ1n) is 5.69. The number of rotatable bonds is 5. The molecule has 94 valence electrons. The van der Waals surface area contributed by atoms with Crippen LogP contribution in [0.3, 0.4) is 0 Å². The lowest BCUT2D eigenvalue weighted by Crippen LogP contribution is -2.27. The van der Waals surface area contributed by atoms with Gasteiger partial charge in [-0.3, -0.25) is 0 Å². The molecule has 1 saturated carbocycles. The first-order chi connectivity index (χ1) is 8.08. The molecule has 0 amide bonds. The quantitative estimate of drug-likeness (QED) is 0.838. The zero-order valence-electron chi connectivity index (χ0n) is 9.39. The van der Waals surface area contributed by atoms with Gasteiger partial charge in [-0.25, -0.2) is 18.1 Å². The Bertz CT molecular complexity index is 469. The van der Waals surface area contributed by atoms with E-state index in [1.165, 1.54) is 37.6 Å². The molecule has 0 atom stereocenters. The summed E-state index contributed by atoms with van der Waals surface area (Å²) in [5.41, 5.74) is 0. The third kappa shape index (κ3) is 3.40. The van der Waals surface area contributed by atoms with Gasteiger partial charge in [0.25, 0.3) is 0 Å². The summed E-state index contributed by atoms with van der Waals surface area (Å²) in [4.78, 5) is 3.92. The lowest BCUT2D eigenvalue weighted by atomic mass is 9.83. The van der Waals surface area contributed by atoms with Gasteiger partial charge in [-0.1, -0.05) is 30.9 Å². The topological polar surface area (TPSA) is 59.1 Å². The van der Waals surface area contributed by atoms with Gasteiger partial charge >= 0.3 is 0 Å². The van der Waals surface area contributed by atoms with E-state index in [0.717, 1.165) is 6.42 Å². The Morgan fingerprint density at radius 3 is 2.71 bits per heavy atom. The molecule has 0 saturated heterocycles. The van der Waals surface area contributed by atoms with E-state index in [4.69, 9.17) is 11.6 Å². The second-order valence-electron chi connectivity index (χ2n) is 4.30. The van der Waals surface area contributed by atoms with Crippen molar-refractivity contribution in [3.63, 3.8) is 0 Å². The predicted octanol–water partition coefficient (Wildman–Crippen LogP) is 2.20. The number of nitrogens with one attached hydrogen (secondary N) is 1. The van der Waals surface area contributed by atoms with Crippen LogP contribution < -0.4 is 4.72 Å². The summed E-state index contributed by atoms with van der Waals surface area (Å²) < 4.78 is 26.3. The van der Waals surface area contributed by atoms with Crippen molar-refractivity contribution in [2.24, 2.45) is 5.92 Å². The lowest BCUT2D eigenvalue weighted by Gasteiger charge is -2.25. The molecule has 6 heteroatoms. The fourth-order valence-electron chi connectivity index (χ4n) is 1.78. The minimum Gasteiger partial charge on any atom is -0.243 e. The highest BCUT2D eigenvalue weighted by atomic mass is 35.5. The summed E-state index contributed by atoms with van der Waals surface area (Å²) in [6.45, 7) is 0.496. The molecule has 0 radical (unpaired) electrons. The SMILES string of the molecule is O=S(=O)(NCCC1CCC1)c1ccc(Cl)nc1. The van der Waals surface area contributed by atoms with Crippen LogP contribution >= 0.6 is 11.6 Å². The van der Waals surface area contributed by atoms with Crippen LogP contribution in [0.15, 0.2) is 23.2 Å². The standard InChI is InChI=1S/C11H15ClN2O2S/c12-11-5-4-10(8-13-11)17(15,16)14-7-6-9-2-1-3-9/h4-5,8-9,14H,1-3,6-7H2. The number of halogens is 1. The Morgan fingerprint density at radius 1 is 1.41 bits per heavy atom. The summed E-state index contributed by atoms with van der Waals surface area (Å²) in [5.74, 6) is 0.695. The van der Waals surface area contributed by atoms with Gasteiger partial charge in [0, 0.05) is 12.7 Å². The van der Waals surface area contributed by atoms with Crippen molar-refractivity contribution in [3.8, 4) is 0 Å². The van der Waals surface area contributed by atoms with E-state index in [0.29, 0.717) is 17.6 Å². The van der Waals surface area contributed by atoms with Crippen LogP contribution in [-0.4, -0.2) is 19.9 Å². The highest BCUT2D eigenvalue weighted by Crippen LogP contribution is 2.28. The van der Waals surface area contributed by atoms with Crippen LogP contribution in [0, 0.1) is 5.92 Å². The highest BCUT2D eigenvalue weighted by Gasteiger charge is 2.19. The smallest absolute Gasteiger partial charge is 0.242 e. The Balaban J connectivity index is 1.91. The highest BCUT2D eigenvalue weighted by molar-refractivity contribution is 7.89. The number of hydrogen-bond acceptors (Lipinski definition) is 3. The molecule has 1 aromatic rings. The molecule has 0 spiro atoms. The fraction of sp³-hybridized carbons (Fsp3) is 0.545. The van der Waals surface area contributed by atoms with Crippen LogP contribution in [0.4, 0.5) is 0 Å². The normalized spacial score (nSPS) is 16.8. The molecule has 1 aromatic heterocycles. The molecule has 17 heavy (non-hydrogen) atoms. The minimum atomic E-state index is -3.43. The molecular formula is C11H15ClN2O2S. The van der Waals surface area contributed by atoms with Crippen molar-refractivity contribution in [2.75, 3.05) is 6.54 Å². The van der Waals surface area contributed by atoms with Crippen LogP contribution in [0.5, 0.6) is 0 Å². The van der Waals surface area contributed by atoms with Gasteiger partial charge in [0.15, 0.2) is 0 Å². The zero-order valence-corrected chi connectivity index (χ0v) is 11.0. The van der Waals surface area contributed by atoms with Gasteiger partial charge in [0.1, 0.15) is 10.0 Å². The van der Waals surface area contributed by atoms with Crippen LogP contribution in [0.1, 0.15) is 25.7 Å². The summed E-state index contributed by atoms with van der Waals surface area (Å²) in [7, 11) is -3.43. The van der Waals surface area contributed by atoms with Crippen molar-refractivity contribution >= 4 is 21.6 Å². The van der Waals surface area contributed by atoms with Crippen molar-refractivity contribution < 1.29 is 8.42 Å². The average molecular weight is 275 g/mol. The van der Waals surface area contributed by atoms with Crippen LogP contribution in [0.2, 0.25) is 5.15 Å². The zero-order chi connectivity index (χ0) is 12.3. The molecule has 4 nitrogen and oxygen atoms in total. The second-order valence-corrected chi connectivity index (χ2v) is 6.45. The Morgan fingerprint density at radius 2 is 2.18 bits per heavy atom. The van der Waals surface area contributed by atoms with Crippen LogP contribution in [-0.2, 0) is 10.0 Å². The average Bonchev–Trinajstić information content (AvgIpc) is 2.22. The number of nitrogens with zero attached hydrogens (tertiary/aromatic N) is 1. The van der Waals surface area contributed by atoms with E-state index in [2.05, 4.69) is 9.71 Å². The molecule has 1 aliphatic carbocycles. The maximum atomic E-state index is 11.8. The van der Waals surface area contributed by atoms with Crippen molar-refractivity contribution in [3.05, 3.63) is 23.5 Å². The molecule has 1 fully saturated rings. The molecule has 0 aromatic carbocycles. The van der Waals surface area contributed by atoms with Gasteiger partial charge in [0.05, 0.1) is 0 Å². The van der Waals surface area contributed by atoms with Gasteiger partial charge in [0.2, 0.25) is 10.0 Å². The number of hydrogen-bond donors (Lipinski definition) is 1. The largest absolute Gasteiger partial charge is 0.243 e. The van der Waals surface area contributed by atoms with E-state index in [1.54, 1.807) is 0 Å². The monoisotopic (exact) mass is 274 g/mol.